The van der Waals surface area contributed by atoms with Crippen LogP contribution in [0.5, 0.6) is 6.01 Å². The van der Waals surface area contributed by atoms with Crippen molar-refractivity contribution < 1.29 is 13.5 Å². The van der Waals surface area contributed by atoms with Gasteiger partial charge in [-0.2, -0.15) is 15.2 Å². The van der Waals surface area contributed by atoms with Gasteiger partial charge in [0.05, 0.1) is 22.3 Å². The molecule has 1 aliphatic carbocycles. The van der Waals surface area contributed by atoms with Crippen molar-refractivity contribution in [3.05, 3.63) is 35.5 Å². The van der Waals surface area contributed by atoms with Crippen LogP contribution in [0, 0.1) is 28.9 Å². The van der Waals surface area contributed by atoms with Crippen molar-refractivity contribution in [3.8, 4) is 23.3 Å². The lowest BCUT2D eigenvalue weighted by molar-refractivity contribution is 0.0738. The molecule has 4 heterocycles. The molecule has 4 aromatic rings. The Morgan fingerprint density at radius 1 is 1.29 bits per heavy atom. The average Bonchev–Trinajstić information content (AvgIpc) is 3.50. The third kappa shape index (κ3) is 4.81. The van der Waals surface area contributed by atoms with Crippen LogP contribution in [0.2, 0.25) is 0 Å². The Bertz CT molecular complexity index is 1680. The predicted octanol–water partition coefficient (Wildman–Crippen LogP) is 4.87. The molecule has 1 aromatic carbocycles. The zero-order chi connectivity index (χ0) is 28.9. The minimum absolute atomic E-state index is 0.00899. The molecule has 0 unspecified atom stereocenters. The molecule has 0 spiro atoms. The first kappa shape index (κ1) is 27.5. The zero-order valence-electron chi connectivity index (χ0n) is 23.3. The first-order chi connectivity index (χ1) is 19.7. The zero-order valence-corrected chi connectivity index (χ0v) is 24.1. The topological polar surface area (TPSA) is 116 Å². The largest absolute Gasteiger partial charge is 0.463 e. The van der Waals surface area contributed by atoms with E-state index in [4.69, 9.17) is 10.5 Å². The van der Waals surface area contributed by atoms with Gasteiger partial charge in [0.1, 0.15) is 33.9 Å². The van der Waals surface area contributed by atoms with Crippen LogP contribution in [0.3, 0.4) is 0 Å². The number of rotatable bonds is 8. The third-order valence-electron chi connectivity index (χ3n) is 8.60. The molecule has 12 heteroatoms. The Hall–Kier alpha value is -3.66. The van der Waals surface area contributed by atoms with Crippen LogP contribution < -0.4 is 15.8 Å². The Labute approximate surface area is 240 Å². The smallest absolute Gasteiger partial charge is 0.319 e. The van der Waals surface area contributed by atoms with E-state index in [0.717, 1.165) is 50.1 Å². The van der Waals surface area contributed by atoms with Gasteiger partial charge in [-0.3, -0.25) is 4.98 Å². The van der Waals surface area contributed by atoms with Gasteiger partial charge in [-0.05, 0) is 65.5 Å². The number of nitrogens with two attached hydrogens (primary N) is 1. The number of nitrogens with zero attached hydrogens (tertiary/aromatic N) is 6. The molecule has 3 aromatic heterocycles. The fraction of sp³-hybridized carbons (Fsp3) is 0.448. The molecule has 6 rings (SSSR count). The average molecular weight is 579 g/mol. The van der Waals surface area contributed by atoms with Gasteiger partial charge in [-0.1, -0.05) is 0 Å². The summed E-state index contributed by atoms with van der Waals surface area (Å²) in [6, 6.07) is 4.78. The van der Waals surface area contributed by atoms with Crippen molar-refractivity contribution in [1.29, 1.82) is 5.26 Å². The molecule has 1 saturated heterocycles. The number of ether oxygens (including phenoxy) is 1. The summed E-state index contributed by atoms with van der Waals surface area (Å²) >= 11 is 0.958. The van der Waals surface area contributed by atoms with E-state index < -0.39 is 11.6 Å². The van der Waals surface area contributed by atoms with E-state index in [9.17, 15) is 9.65 Å². The Morgan fingerprint density at radius 2 is 2.10 bits per heavy atom. The Balaban J connectivity index is 1.45. The predicted molar refractivity (Wildman–Crippen MR) is 157 cm³/mol. The second-order valence-corrected chi connectivity index (χ2v) is 12.4. The lowest BCUT2D eigenvalue weighted by Gasteiger charge is -2.47. The van der Waals surface area contributed by atoms with Crippen LogP contribution >= 0.6 is 11.3 Å². The number of thiophene rings is 1. The fourth-order valence-electron chi connectivity index (χ4n) is 5.89. The van der Waals surface area contributed by atoms with Crippen LogP contribution in [0.25, 0.3) is 32.2 Å². The summed E-state index contributed by atoms with van der Waals surface area (Å²) < 4.78 is 37.3. The number of anilines is 2. The van der Waals surface area contributed by atoms with Gasteiger partial charge in [-0.25, -0.2) is 8.78 Å². The summed E-state index contributed by atoms with van der Waals surface area (Å²) in [5.74, 6) is -0.454. The summed E-state index contributed by atoms with van der Waals surface area (Å²) in [5.41, 5.74) is 6.37. The van der Waals surface area contributed by atoms with Crippen LogP contribution in [-0.2, 0) is 0 Å². The van der Waals surface area contributed by atoms with Gasteiger partial charge in [0.2, 0.25) is 0 Å². The summed E-state index contributed by atoms with van der Waals surface area (Å²) in [5, 5.41) is 14.0. The molecule has 41 heavy (non-hydrogen) atoms. The highest BCUT2D eigenvalue weighted by molar-refractivity contribution is 7.23. The molecule has 3 N–H and O–H groups in total. The monoisotopic (exact) mass is 578 g/mol. The Kier molecular flexibility index (Phi) is 7.13. The van der Waals surface area contributed by atoms with Crippen molar-refractivity contribution >= 4 is 43.1 Å². The maximum Gasteiger partial charge on any atom is 0.319 e. The van der Waals surface area contributed by atoms with Crippen LogP contribution in [0.4, 0.5) is 19.6 Å². The van der Waals surface area contributed by atoms with Gasteiger partial charge >= 0.3 is 6.01 Å². The number of hydrogen-bond donors (Lipinski definition) is 2. The van der Waals surface area contributed by atoms with Crippen LogP contribution in [0.1, 0.15) is 31.2 Å². The number of benzene rings is 1. The van der Waals surface area contributed by atoms with Crippen LogP contribution in [0.15, 0.2) is 18.3 Å². The van der Waals surface area contributed by atoms with E-state index in [1.54, 1.807) is 0 Å². The van der Waals surface area contributed by atoms with Crippen LogP contribution in [-0.4, -0.2) is 77.7 Å². The first-order valence-corrected chi connectivity index (χ1v) is 14.5. The number of nitrogens with one attached hydrogen (secondary N) is 1. The number of fused-ring (bicyclic) bond motifs is 2. The maximum atomic E-state index is 16.4. The summed E-state index contributed by atoms with van der Waals surface area (Å²) in [6.45, 7) is 2.97. The summed E-state index contributed by atoms with van der Waals surface area (Å²) in [4.78, 5) is 18.0. The second-order valence-electron chi connectivity index (χ2n) is 11.3. The first-order valence-electron chi connectivity index (χ1n) is 13.7. The summed E-state index contributed by atoms with van der Waals surface area (Å²) in [6.07, 6.45) is 5.78. The number of halogens is 2. The van der Waals surface area contributed by atoms with Crippen molar-refractivity contribution in [2.45, 2.75) is 31.2 Å². The highest BCUT2D eigenvalue weighted by Gasteiger charge is 2.39. The minimum atomic E-state index is -0.703. The molecular formula is C29H32F2N8OS. The van der Waals surface area contributed by atoms with Crippen molar-refractivity contribution in [2.75, 3.05) is 58.4 Å². The second kappa shape index (κ2) is 10.6. The highest BCUT2D eigenvalue weighted by Crippen LogP contribution is 2.42. The van der Waals surface area contributed by atoms with Gasteiger partial charge in [0, 0.05) is 41.7 Å². The van der Waals surface area contributed by atoms with Crippen molar-refractivity contribution in [2.24, 2.45) is 5.92 Å². The molecule has 1 saturated carbocycles. The number of pyridine rings is 1. The van der Waals surface area contributed by atoms with Gasteiger partial charge < -0.3 is 25.6 Å². The third-order valence-corrected chi connectivity index (χ3v) is 9.63. The van der Waals surface area contributed by atoms with E-state index in [0.29, 0.717) is 30.3 Å². The number of nitrogen functional groups attached to an aromatic ring is 1. The van der Waals surface area contributed by atoms with E-state index >= 15 is 4.39 Å². The lowest BCUT2D eigenvalue weighted by atomic mass is 9.75. The summed E-state index contributed by atoms with van der Waals surface area (Å²) in [7, 11) is 6.20. The molecule has 1 aliphatic heterocycles. The normalized spacial score (nSPS) is 18.6. The standard InChI is InChI=1S/C29H32F2N8OS/c1-38(2)29(8-4-9-29)15-35-27-19-12-34-23(17-5-6-20(30)25-21(17)18(11-32)26(33)41-25)22(31)24(19)36-28(37-27)40-14-16-7-10-39(3)13-16/h5-6,12,16H,4,7-10,13-15,33H2,1-3H3,(H,35,36,37)/t16-/m0/s1. The molecule has 2 aliphatic rings. The van der Waals surface area contributed by atoms with E-state index in [1.165, 1.54) is 18.3 Å². The fourth-order valence-corrected chi connectivity index (χ4v) is 6.84. The molecule has 2 fully saturated rings. The molecular weight excluding hydrogens is 546 g/mol. The SMILES string of the molecule is CN1CC[C@H](COc2nc(NCC3(N(C)C)CCC3)c3cnc(-c4ccc(F)c5sc(N)c(C#N)c45)c(F)c3n2)C1. The number of hydrogen-bond acceptors (Lipinski definition) is 10. The van der Waals surface area contributed by atoms with Crippen molar-refractivity contribution in [1.82, 2.24) is 24.8 Å². The number of likely N-dealkylation sites (tertiary alicyclic amines) is 1. The lowest BCUT2D eigenvalue weighted by Crippen LogP contribution is -2.54. The Morgan fingerprint density at radius 3 is 2.76 bits per heavy atom. The molecule has 1 atom stereocenters. The maximum absolute atomic E-state index is 16.4. The van der Waals surface area contributed by atoms with Crippen molar-refractivity contribution in [3.63, 3.8) is 0 Å². The van der Waals surface area contributed by atoms with Gasteiger partial charge in [-0.15, -0.1) is 11.3 Å². The van der Waals surface area contributed by atoms with E-state index in [1.807, 2.05) is 6.07 Å². The number of nitriles is 1. The van der Waals surface area contributed by atoms with Gasteiger partial charge in [0.15, 0.2) is 5.82 Å². The number of aromatic nitrogens is 3. The number of likely N-dealkylation sites (N-methyl/N-ethyl adjacent to an activating group) is 1. The van der Waals surface area contributed by atoms with E-state index in [-0.39, 0.29) is 49.0 Å². The van der Waals surface area contributed by atoms with E-state index in [2.05, 4.69) is 51.2 Å². The molecule has 9 nitrogen and oxygen atoms in total. The minimum Gasteiger partial charge on any atom is -0.463 e. The highest BCUT2D eigenvalue weighted by atomic mass is 32.1. The molecule has 0 radical (unpaired) electrons. The molecule has 214 valence electrons. The quantitative estimate of drug-likeness (QED) is 0.302. The van der Waals surface area contributed by atoms with Gasteiger partial charge in [0.25, 0.3) is 0 Å². The molecule has 0 bridgehead atoms. The molecule has 0 amide bonds.